The second-order valence-corrected chi connectivity index (χ2v) is 5.14. The van der Waals surface area contributed by atoms with Crippen molar-refractivity contribution in [2.24, 2.45) is 5.73 Å². The van der Waals surface area contributed by atoms with Crippen LogP contribution in [0, 0.1) is 11.6 Å². The normalized spacial score (nSPS) is 12.7. The van der Waals surface area contributed by atoms with E-state index in [0.29, 0.717) is 5.01 Å². The topological polar surface area (TPSA) is 38.9 Å². The predicted octanol–water partition coefficient (Wildman–Crippen LogP) is 3.37. The smallest absolute Gasteiger partial charge is 0.133 e. The van der Waals surface area contributed by atoms with Gasteiger partial charge in [0.1, 0.15) is 16.6 Å². The molecule has 18 heavy (non-hydrogen) atoms. The summed E-state index contributed by atoms with van der Waals surface area (Å²) in [5, 5.41) is 2.37. The Hall–Kier alpha value is -1.33. The van der Waals surface area contributed by atoms with Crippen LogP contribution in [0.3, 0.4) is 0 Å². The van der Waals surface area contributed by atoms with Crippen LogP contribution in [0.5, 0.6) is 0 Å². The third-order valence-corrected chi connectivity index (χ3v) is 3.49. The molecule has 0 fully saturated rings. The van der Waals surface area contributed by atoms with Crippen LogP contribution < -0.4 is 5.73 Å². The number of halogens is 2. The number of benzene rings is 1. The lowest BCUT2D eigenvalue weighted by molar-refractivity contribution is 0.603. The van der Waals surface area contributed by atoms with Crippen molar-refractivity contribution in [2.45, 2.75) is 25.8 Å². The first-order valence-corrected chi connectivity index (χ1v) is 6.59. The number of hydrogen-bond acceptors (Lipinski definition) is 3. The van der Waals surface area contributed by atoms with Gasteiger partial charge in [-0.25, -0.2) is 13.8 Å². The summed E-state index contributed by atoms with van der Waals surface area (Å²) < 4.78 is 26.6. The molecule has 2 N–H and O–H groups in total. The highest BCUT2D eigenvalue weighted by atomic mass is 32.1. The largest absolute Gasteiger partial charge is 0.328 e. The second kappa shape index (κ2) is 5.54. The van der Waals surface area contributed by atoms with Crippen molar-refractivity contribution in [3.63, 3.8) is 0 Å². The molecule has 1 aromatic carbocycles. The van der Waals surface area contributed by atoms with Crippen LogP contribution in [-0.4, -0.2) is 11.0 Å². The van der Waals surface area contributed by atoms with Crippen LogP contribution in [0.25, 0.3) is 10.6 Å². The molecule has 1 aromatic heterocycles. The minimum Gasteiger partial charge on any atom is -0.328 e. The van der Waals surface area contributed by atoms with E-state index in [1.807, 2.05) is 12.3 Å². The van der Waals surface area contributed by atoms with Gasteiger partial charge in [0, 0.05) is 17.0 Å². The van der Waals surface area contributed by atoms with Crippen molar-refractivity contribution in [1.29, 1.82) is 0 Å². The number of nitrogens with two attached hydrogens (primary N) is 1. The molecule has 0 aliphatic rings. The summed E-state index contributed by atoms with van der Waals surface area (Å²) >= 11 is 1.32. The van der Waals surface area contributed by atoms with Crippen LogP contribution in [0.15, 0.2) is 23.6 Å². The fourth-order valence-electron chi connectivity index (χ4n) is 1.58. The van der Waals surface area contributed by atoms with Crippen LogP contribution in [0.4, 0.5) is 8.78 Å². The van der Waals surface area contributed by atoms with Gasteiger partial charge in [-0.05, 0) is 38.0 Å². The standard InChI is InChI=1S/C13H14F2N2S/c1-8(16)2-4-10-7-18-13(17-10)11-6-9(14)3-5-12(11)15/h3,5-8H,2,4,16H2,1H3. The first-order valence-electron chi connectivity index (χ1n) is 5.71. The molecule has 0 radical (unpaired) electrons. The van der Waals surface area contributed by atoms with Gasteiger partial charge in [0.2, 0.25) is 0 Å². The molecule has 2 rings (SSSR count). The van der Waals surface area contributed by atoms with E-state index in [2.05, 4.69) is 4.98 Å². The number of aryl methyl sites for hydroxylation is 1. The average Bonchev–Trinajstić information content (AvgIpc) is 2.78. The Bertz CT molecular complexity index is 538. The molecule has 0 saturated carbocycles. The Balaban J connectivity index is 2.21. The van der Waals surface area contributed by atoms with E-state index in [1.54, 1.807) is 0 Å². The molecule has 0 saturated heterocycles. The van der Waals surface area contributed by atoms with Gasteiger partial charge in [0.05, 0.1) is 5.69 Å². The molecule has 0 amide bonds. The molecule has 0 bridgehead atoms. The van der Waals surface area contributed by atoms with Crippen molar-refractivity contribution in [3.8, 4) is 10.6 Å². The average molecular weight is 268 g/mol. The number of rotatable bonds is 4. The molecule has 1 unspecified atom stereocenters. The van der Waals surface area contributed by atoms with Gasteiger partial charge in [0.25, 0.3) is 0 Å². The van der Waals surface area contributed by atoms with Crippen molar-refractivity contribution in [2.75, 3.05) is 0 Å². The van der Waals surface area contributed by atoms with E-state index in [1.165, 1.54) is 17.4 Å². The maximum absolute atomic E-state index is 13.6. The minimum atomic E-state index is -0.460. The highest BCUT2D eigenvalue weighted by Crippen LogP contribution is 2.27. The van der Waals surface area contributed by atoms with E-state index in [0.717, 1.165) is 30.7 Å². The Morgan fingerprint density at radius 1 is 1.39 bits per heavy atom. The van der Waals surface area contributed by atoms with Gasteiger partial charge < -0.3 is 5.73 Å². The van der Waals surface area contributed by atoms with E-state index in [-0.39, 0.29) is 11.6 Å². The van der Waals surface area contributed by atoms with Crippen LogP contribution in [0.1, 0.15) is 19.0 Å². The first kappa shape index (κ1) is 13.1. The molecule has 1 atom stereocenters. The molecular formula is C13H14F2N2S. The van der Waals surface area contributed by atoms with Crippen LogP contribution >= 0.6 is 11.3 Å². The Labute approximate surface area is 108 Å². The zero-order valence-electron chi connectivity index (χ0n) is 9.99. The molecule has 2 nitrogen and oxygen atoms in total. The quantitative estimate of drug-likeness (QED) is 0.923. The van der Waals surface area contributed by atoms with Gasteiger partial charge >= 0.3 is 0 Å². The first-order chi connectivity index (χ1) is 8.56. The molecule has 5 heteroatoms. The summed E-state index contributed by atoms with van der Waals surface area (Å²) in [7, 11) is 0. The summed E-state index contributed by atoms with van der Waals surface area (Å²) in [5.74, 6) is -0.914. The zero-order chi connectivity index (χ0) is 13.1. The van der Waals surface area contributed by atoms with Gasteiger partial charge in [-0.1, -0.05) is 0 Å². The lowest BCUT2D eigenvalue weighted by atomic mass is 10.1. The fraction of sp³-hybridized carbons (Fsp3) is 0.308. The second-order valence-electron chi connectivity index (χ2n) is 4.28. The van der Waals surface area contributed by atoms with Crippen LogP contribution in [-0.2, 0) is 6.42 Å². The van der Waals surface area contributed by atoms with Gasteiger partial charge in [-0.2, -0.15) is 0 Å². The molecule has 0 spiro atoms. The molecule has 96 valence electrons. The third kappa shape index (κ3) is 3.11. The summed E-state index contributed by atoms with van der Waals surface area (Å²) in [6.07, 6.45) is 1.58. The molecule has 1 heterocycles. The van der Waals surface area contributed by atoms with Gasteiger partial charge in [-0.3, -0.25) is 0 Å². The van der Waals surface area contributed by atoms with Crippen molar-refractivity contribution >= 4 is 11.3 Å². The number of nitrogens with zero attached hydrogens (tertiary/aromatic N) is 1. The minimum absolute atomic E-state index is 0.112. The molecule has 0 aliphatic heterocycles. The van der Waals surface area contributed by atoms with E-state index < -0.39 is 11.6 Å². The number of hydrogen-bond donors (Lipinski definition) is 1. The molecule has 0 aliphatic carbocycles. The fourth-order valence-corrected chi connectivity index (χ4v) is 2.45. The van der Waals surface area contributed by atoms with Crippen LogP contribution in [0.2, 0.25) is 0 Å². The number of aromatic nitrogens is 1. The van der Waals surface area contributed by atoms with E-state index in [9.17, 15) is 8.78 Å². The van der Waals surface area contributed by atoms with E-state index >= 15 is 0 Å². The van der Waals surface area contributed by atoms with Gasteiger partial charge in [0.15, 0.2) is 0 Å². The van der Waals surface area contributed by atoms with Crippen molar-refractivity contribution in [1.82, 2.24) is 4.98 Å². The zero-order valence-corrected chi connectivity index (χ0v) is 10.8. The summed E-state index contributed by atoms with van der Waals surface area (Å²) in [6.45, 7) is 1.93. The lowest BCUT2D eigenvalue weighted by Gasteiger charge is -2.01. The highest BCUT2D eigenvalue weighted by molar-refractivity contribution is 7.13. The Morgan fingerprint density at radius 2 is 2.17 bits per heavy atom. The Morgan fingerprint density at radius 3 is 2.89 bits per heavy atom. The lowest BCUT2D eigenvalue weighted by Crippen LogP contribution is -2.15. The number of thiazole rings is 1. The van der Waals surface area contributed by atoms with Crippen molar-refractivity contribution in [3.05, 3.63) is 40.9 Å². The predicted molar refractivity (Wildman–Crippen MR) is 69.4 cm³/mol. The van der Waals surface area contributed by atoms with Gasteiger partial charge in [-0.15, -0.1) is 11.3 Å². The summed E-state index contributed by atoms with van der Waals surface area (Å²) in [4.78, 5) is 4.31. The Kier molecular flexibility index (Phi) is 4.04. The maximum Gasteiger partial charge on any atom is 0.133 e. The van der Waals surface area contributed by atoms with Crippen molar-refractivity contribution < 1.29 is 8.78 Å². The highest BCUT2D eigenvalue weighted by Gasteiger charge is 2.11. The maximum atomic E-state index is 13.6. The monoisotopic (exact) mass is 268 g/mol. The summed E-state index contributed by atoms with van der Waals surface area (Å²) in [5.41, 5.74) is 6.75. The molecule has 2 aromatic rings. The van der Waals surface area contributed by atoms with E-state index in [4.69, 9.17) is 5.73 Å². The third-order valence-electron chi connectivity index (χ3n) is 2.57. The SMILES string of the molecule is CC(N)CCc1csc(-c2cc(F)ccc2F)n1. The molecular weight excluding hydrogens is 254 g/mol. The summed E-state index contributed by atoms with van der Waals surface area (Å²) in [6, 6.07) is 3.50.